The second kappa shape index (κ2) is 5.88. The van der Waals surface area contributed by atoms with E-state index in [0.717, 1.165) is 35.6 Å². The lowest BCUT2D eigenvalue weighted by Gasteiger charge is -2.10. The standard InChI is InChI=1S/C19H19N3O/c1-13-19(17-7-4-12-23-17)22-18(20-13)11-10-15-9-8-14-5-2-3-6-16(14)21-15/h2-9,12-13,19H,10-11H2,1H3,(H,20,22). The van der Waals surface area contributed by atoms with E-state index < -0.39 is 0 Å². The first-order chi connectivity index (χ1) is 11.3. The van der Waals surface area contributed by atoms with Gasteiger partial charge in [0, 0.05) is 17.5 Å². The second-order valence-corrected chi connectivity index (χ2v) is 5.96. The Morgan fingerprint density at radius 1 is 1.04 bits per heavy atom. The molecule has 0 spiro atoms. The van der Waals surface area contributed by atoms with Crippen molar-refractivity contribution in [2.45, 2.75) is 31.8 Å². The summed E-state index contributed by atoms with van der Waals surface area (Å²) in [5.41, 5.74) is 2.15. The number of nitrogens with zero attached hydrogens (tertiary/aromatic N) is 2. The highest BCUT2D eigenvalue weighted by molar-refractivity contribution is 5.85. The van der Waals surface area contributed by atoms with Crippen LogP contribution in [0.2, 0.25) is 0 Å². The number of hydrogen-bond acceptors (Lipinski definition) is 4. The largest absolute Gasteiger partial charge is 0.467 e. The molecule has 1 aromatic carbocycles. The maximum atomic E-state index is 5.49. The number of furan rings is 1. The normalized spacial score (nSPS) is 20.5. The van der Waals surface area contributed by atoms with Crippen molar-refractivity contribution in [3.05, 3.63) is 66.2 Å². The number of rotatable bonds is 4. The summed E-state index contributed by atoms with van der Waals surface area (Å²) in [6, 6.07) is 16.7. The molecule has 1 N–H and O–H groups in total. The molecule has 0 bridgehead atoms. The van der Waals surface area contributed by atoms with E-state index in [1.54, 1.807) is 6.26 Å². The molecule has 23 heavy (non-hydrogen) atoms. The molecule has 1 aliphatic rings. The third-order valence-electron chi connectivity index (χ3n) is 4.27. The first kappa shape index (κ1) is 14.0. The van der Waals surface area contributed by atoms with Gasteiger partial charge in [0.05, 0.1) is 23.7 Å². The number of aromatic nitrogens is 1. The van der Waals surface area contributed by atoms with Crippen LogP contribution in [-0.2, 0) is 6.42 Å². The Hall–Kier alpha value is -2.62. The molecule has 1 aliphatic heterocycles. The molecule has 2 unspecified atom stereocenters. The van der Waals surface area contributed by atoms with Gasteiger partial charge < -0.3 is 9.73 Å². The summed E-state index contributed by atoms with van der Waals surface area (Å²) >= 11 is 0. The Balaban J connectivity index is 1.47. The quantitative estimate of drug-likeness (QED) is 0.795. The van der Waals surface area contributed by atoms with Crippen molar-refractivity contribution in [1.29, 1.82) is 0 Å². The molecule has 2 atom stereocenters. The fourth-order valence-corrected chi connectivity index (χ4v) is 3.06. The highest BCUT2D eigenvalue weighted by atomic mass is 16.3. The molecule has 116 valence electrons. The number of benzene rings is 1. The summed E-state index contributed by atoms with van der Waals surface area (Å²) in [6.07, 6.45) is 3.45. The molecule has 3 aromatic rings. The zero-order valence-electron chi connectivity index (χ0n) is 13.1. The van der Waals surface area contributed by atoms with Crippen molar-refractivity contribution in [2.75, 3.05) is 0 Å². The van der Waals surface area contributed by atoms with Gasteiger partial charge in [-0.15, -0.1) is 0 Å². The van der Waals surface area contributed by atoms with E-state index in [9.17, 15) is 0 Å². The summed E-state index contributed by atoms with van der Waals surface area (Å²) in [4.78, 5) is 9.50. The molecule has 4 heteroatoms. The highest BCUT2D eigenvalue weighted by Crippen LogP contribution is 2.26. The van der Waals surface area contributed by atoms with E-state index in [0.29, 0.717) is 0 Å². The molecule has 0 fully saturated rings. The summed E-state index contributed by atoms with van der Waals surface area (Å²) in [5, 5.41) is 4.64. The average Bonchev–Trinajstić information content (AvgIpc) is 3.22. The van der Waals surface area contributed by atoms with Gasteiger partial charge in [-0.25, -0.2) is 0 Å². The van der Waals surface area contributed by atoms with Crippen molar-refractivity contribution in [2.24, 2.45) is 4.99 Å². The monoisotopic (exact) mass is 305 g/mol. The van der Waals surface area contributed by atoms with E-state index in [1.807, 2.05) is 24.3 Å². The number of fused-ring (bicyclic) bond motifs is 1. The minimum atomic E-state index is 0.0737. The third-order valence-corrected chi connectivity index (χ3v) is 4.27. The zero-order valence-corrected chi connectivity index (χ0v) is 13.1. The Bertz CT molecular complexity index is 839. The number of pyridine rings is 1. The van der Waals surface area contributed by atoms with Gasteiger partial charge in [-0.05, 0) is 37.6 Å². The summed E-state index contributed by atoms with van der Waals surface area (Å²) in [7, 11) is 0. The van der Waals surface area contributed by atoms with Gasteiger partial charge in [-0.1, -0.05) is 24.3 Å². The smallest absolute Gasteiger partial charge is 0.130 e. The fourth-order valence-electron chi connectivity index (χ4n) is 3.06. The molecule has 0 radical (unpaired) electrons. The lowest BCUT2D eigenvalue weighted by molar-refractivity contribution is 0.438. The summed E-state index contributed by atoms with van der Waals surface area (Å²) < 4.78 is 5.49. The van der Waals surface area contributed by atoms with E-state index in [-0.39, 0.29) is 12.1 Å². The molecule has 0 saturated heterocycles. The Kier molecular flexibility index (Phi) is 3.58. The lowest BCUT2D eigenvalue weighted by atomic mass is 10.1. The summed E-state index contributed by atoms with van der Waals surface area (Å²) in [5.74, 6) is 1.96. The minimum absolute atomic E-state index is 0.0737. The topological polar surface area (TPSA) is 50.4 Å². The molecule has 4 rings (SSSR count). The van der Waals surface area contributed by atoms with E-state index in [4.69, 9.17) is 14.4 Å². The van der Waals surface area contributed by atoms with E-state index in [2.05, 4.69) is 36.5 Å². The first-order valence-corrected chi connectivity index (χ1v) is 8.01. The van der Waals surface area contributed by atoms with Crippen LogP contribution in [0, 0.1) is 0 Å². The number of nitrogens with one attached hydrogen (secondary N) is 1. The van der Waals surface area contributed by atoms with Crippen LogP contribution in [0.25, 0.3) is 10.9 Å². The Labute approximate surface area is 135 Å². The van der Waals surface area contributed by atoms with Crippen LogP contribution in [0.3, 0.4) is 0 Å². The third kappa shape index (κ3) is 2.84. The first-order valence-electron chi connectivity index (χ1n) is 8.01. The molecule has 3 heterocycles. The average molecular weight is 305 g/mol. The second-order valence-electron chi connectivity index (χ2n) is 5.96. The number of aryl methyl sites for hydroxylation is 1. The maximum Gasteiger partial charge on any atom is 0.130 e. The predicted molar refractivity (Wildman–Crippen MR) is 91.5 cm³/mol. The maximum absolute atomic E-state index is 5.49. The van der Waals surface area contributed by atoms with Crippen LogP contribution < -0.4 is 5.32 Å². The van der Waals surface area contributed by atoms with Gasteiger partial charge in [-0.3, -0.25) is 9.98 Å². The van der Waals surface area contributed by atoms with Crippen LogP contribution in [-0.4, -0.2) is 16.9 Å². The van der Waals surface area contributed by atoms with Crippen molar-refractivity contribution in [1.82, 2.24) is 10.3 Å². The van der Waals surface area contributed by atoms with Crippen LogP contribution in [0.5, 0.6) is 0 Å². The van der Waals surface area contributed by atoms with Gasteiger partial charge in [0.1, 0.15) is 11.8 Å². The molecule has 0 aliphatic carbocycles. The molecule has 4 nitrogen and oxygen atoms in total. The van der Waals surface area contributed by atoms with E-state index >= 15 is 0 Å². The molecular formula is C19H19N3O. The molecular weight excluding hydrogens is 286 g/mol. The van der Waals surface area contributed by atoms with Crippen LogP contribution >= 0.6 is 0 Å². The van der Waals surface area contributed by atoms with Crippen LogP contribution in [0.4, 0.5) is 0 Å². The highest BCUT2D eigenvalue weighted by Gasteiger charge is 2.27. The minimum Gasteiger partial charge on any atom is -0.467 e. The number of amidine groups is 1. The number of para-hydroxylation sites is 1. The molecule has 0 amide bonds. The fraction of sp³-hybridized carbons (Fsp3) is 0.263. The van der Waals surface area contributed by atoms with Gasteiger partial charge in [-0.2, -0.15) is 0 Å². The summed E-state index contributed by atoms with van der Waals surface area (Å²) in [6.45, 7) is 2.14. The van der Waals surface area contributed by atoms with Crippen molar-refractivity contribution < 1.29 is 4.42 Å². The Morgan fingerprint density at radius 3 is 2.83 bits per heavy atom. The van der Waals surface area contributed by atoms with Gasteiger partial charge in [0.2, 0.25) is 0 Å². The SMILES string of the molecule is CC1NC(CCc2ccc3ccccc3n2)=NC1c1ccco1. The predicted octanol–water partition coefficient (Wildman–Crippen LogP) is 3.89. The van der Waals surface area contributed by atoms with Crippen LogP contribution in [0.15, 0.2) is 64.2 Å². The molecule has 2 aromatic heterocycles. The lowest BCUT2D eigenvalue weighted by Crippen LogP contribution is -2.28. The molecule has 0 saturated carbocycles. The van der Waals surface area contributed by atoms with Crippen molar-refractivity contribution in [3.8, 4) is 0 Å². The van der Waals surface area contributed by atoms with Crippen molar-refractivity contribution >= 4 is 16.7 Å². The van der Waals surface area contributed by atoms with Gasteiger partial charge >= 0.3 is 0 Å². The Morgan fingerprint density at radius 2 is 1.96 bits per heavy atom. The number of hydrogen-bond donors (Lipinski definition) is 1. The van der Waals surface area contributed by atoms with Gasteiger partial charge in [0.15, 0.2) is 0 Å². The van der Waals surface area contributed by atoms with Crippen molar-refractivity contribution in [3.63, 3.8) is 0 Å². The number of aliphatic imine (C=N–C) groups is 1. The zero-order chi connectivity index (χ0) is 15.6. The van der Waals surface area contributed by atoms with E-state index in [1.165, 1.54) is 5.39 Å². The van der Waals surface area contributed by atoms with Gasteiger partial charge in [0.25, 0.3) is 0 Å². The van der Waals surface area contributed by atoms with Crippen LogP contribution in [0.1, 0.15) is 30.8 Å².